The van der Waals surface area contributed by atoms with Crippen LogP contribution in [0.4, 0.5) is 27.8 Å². The fourth-order valence-corrected chi connectivity index (χ4v) is 7.11. The molecule has 3 saturated heterocycles. The highest BCUT2D eigenvalue weighted by Gasteiger charge is 2.29. The smallest absolute Gasteiger partial charge is 0.323 e. The number of piperidine rings is 1. The number of piperazine rings is 1. The minimum Gasteiger partial charge on any atom is -0.378 e. The molecule has 2 amide bonds. The number of fused-ring (bicyclic) bond motifs is 1. The number of ether oxygens (including phenoxy) is 1. The molecular weight excluding hydrogens is 644 g/mol. The molecule has 2 N–H and O–H groups in total. The summed E-state index contributed by atoms with van der Waals surface area (Å²) in [5.41, 5.74) is 5.77. The van der Waals surface area contributed by atoms with E-state index in [1.807, 2.05) is 36.4 Å². The molecule has 3 aliphatic heterocycles. The first-order valence-corrected chi connectivity index (χ1v) is 17.9. The van der Waals surface area contributed by atoms with Crippen LogP contribution >= 0.6 is 0 Å². The highest BCUT2D eigenvalue weighted by Crippen LogP contribution is 2.36. The molecule has 2 aromatic carbocycles. The van der Waals surface area contributed by atoms with Gasteiger partial charge in [-0.15, -0.1) is 0 Å². The Hall–Kier alpha value is -5.11. The normalized spacial score (nSPS) is 17.9. The summed E-state index contributed by atoms with van der Waals surface area (Å²) >= 11 is 0. The van der Waals surface area contributed by atoms with Gasteiger partial charge in [0.1, 0.15) is 17.0 Å². The quantitative estimate of drug-likeness (QED) is 0.221. The molecule has 0 spiro atoms. The average molecular weight is 689 g/mol. The zero-order valence-electron chi connectivity index (χ0n) is 29.0. The second-order valence-electron chi connectivity index (χ2n) is 13.6. The first kappa shape index (κ1) is 33.1. The van der Waals surface area contributed by atoms with E-state index in [1.54, 1.807) is 6.20 Å². The van der Waals surface area contributed by atoms with Crippen LogP contribution in [-0.4, -0.2) is 109 Å². The number of pyridine rings is 1. The maximum absolute atomic E-state index is 12.9. The first-order valence-electron chi connectivity index (χ1n) is 17.9. The lowest BCUT2D eigenvalue weighted by Gasteiger charge is -2.33. The third-order valence-corrected chi connectivity index (χ3v) is 10.1. The van der Waals surface area contributed by atoms with Gasteiger partial charge >= 0.3 is 6.03 Å². The van der Waals surface area contributed by atoms with Gasteiger partial charge in [-0.1, -0.05) is 35.5 Å². The number of rotatable bonds is 8. The van der Waals surface area contributed by atoms with Crippen molar-refractivity contribution < 1.29 is 14.1 Å². The molecular formula is C38H44N10O3. The van der Waals surface area contributed by atoms with Crippen LogP contribution < -0.4 is 20.4 Å². The molecule has 51 heavy (non-hydrogen) atoms. The molecule has 0 unspecified atom stereocenters. The predicted octanol–water partition coefficient (Wildman–Crippen LogP) is 5.29. The number of hydrogen-bond acceptors (Lipinski definition) is 11. The molecule has 3 fully saturated rings. The molecule has 13 nitrogen and oxygen atoms in total. The number of amides is 2. The summed E-state index contributed by atoms with van der Waals surface area (Å²) in [5, 5.41) is 10.4. The number of urea groups is 1. The third-order valence-electron chi connectivity index (χ3n) is 10.1. The van der Waals surface area contributed by atoms with Crippen molar-refractivity contribution >= 4 is 40.1 Å². The first-order chi connectivity index (χ1) is 25.1. The molecule has 264 valence electrons. The fraction of sp³-hybridized carbons (Fsp3) is 0.395. The number of likely N-dealkylation sites (N-methyl/N-ethyl adjacent to an activating group) is 1. The van der Waals surface area contributed by atoms with Crippen molar-refractivity contribution in [1.82, 2.24) is 29.9 Å². The molecule has 8 rings (SSSR count). The Labute approximate surface area is 297 Å². The van der Waals surface area contributed by atoms with Gasteiger partial charge in [0.2, 0.25) is 5.58 Å². The van der Waals surface area contributed by atoms with Crippen LogP contribution in [0.3, 0.4) is 0 Å². The van der Waals surface area contributed by atoms with Gasteiger partial charge in [-0.2, -0.15) is 0 Å². The van der Waals surface area contributed by atoms with Crippen molar-refractivity contribution in [2.45, 2.75) is 25.3 Å². The maximum atomic E-state index is 12.9. The van der Waals surface area contributed by atoms with Crippen molar-refractivity contribution in [3.05, 3.63) is 84.2 Å². The van der Waals surface area contributed by atoms with E-state index in [4.69, 9.17) is 19.2 Å². The number of carbonyl (C=O) groups excluding carboxylic acids is 1. The van der Waals surface area contributed by atoms with E-state index in [0.29, 0.717) is 49.1 Å². The zero-order valence-corrected chi connectivity index (χ0v) is 29.0. The molecule has 6 heterocycles. The van der Waals surface area contributed by atoms with Gasteiger partial charge < -0.3 is 34.6 Å². The second-order valence-corrected chi connectivity index (χ2v) is 13.6. The summed E-state index contributed by atoms with van der Waals surface area (Å²) in [4.78, 5) is 36.8. The molecule has 13 heteroatoms. The Morgan fingerprint density at radius 3 is 2.25 bits per heavy atom. The van der Waals surface area contributed by atoms with E-state index in [-0.39, 0.29) is 11.9 Å². The fourth-order valence-electron chi connectivity index (χ4n) is 7.11. The standard InChI is InChI=1S/C38H44N10O3/c1-45-17-19-47(20-18-45)32-12-11-31(25-39-32)41-38(49)40-30-9-7-29(8-10-30)36-42-34-33(44-51-35(34)37(43-36)48-21-23-50-24-22-48)28-13-15-46(16-14-28)26-27-5-3-2-4-6-27/h2-12,25,28H,13-24,26H2,1H3,(H2,40,41,49). The van der Waals surface area contributed by atoms with E-state index in [9.17, 15) is 4.79 Å². The van der Waals surface area contributed by atoms with E-state index in [1.165, 1.54) is 5.56 Å². The van der Waals surface area contributed by atoms with Gasteiger partial charge in [0.05, 0.1) is 25.1 Å². The van der Waals surface area contributed by atoms with Gasteiger partial charge in [-0.3, -0.25) is 4.90 Å². The van der Waals surface area contributed by atoms with Crippen molar-refractivity contribution in [2.24, 2.45) is 0 Å². The number of aromatic nitrogens is 4. The zero-order chi connectivity index (χ0) is 34.6. The van der Waals surface area contributed by atoms with E-state index >= 15 is 0 Å². The highest BCUT2D eigenvalue weighted by molar-refractivity contribution is 5.99. The molecule has 0 aliphatic carbocycles. The lowest BCUT2D eigenvalue weighted by molar-refractivity contribution is 0.122. The number of hydrogen-bond donors (Lipinski definition) is 2. The Balaban J connectivity index is 0.965. The molecule has 0 saturated carbocycles. The van der Waals surface area contributed by atoms with E-state index in [2.05, 4.69) is 77.8 Å². The van der Waals surface area contributed by atoms with Crippen molar-refractivity contribution in [1.29, 1.82) is 0 Å². The van der Waals surface area contributed by atoms with Crippen LogP contribution in [0, 0.1) is 0 Å². The Morgan fingerprint density at radius 2 is 1.53 bits per heavy atom. The van der Waals surface area contributed by atoms with Crippen LogP contribution in [0.1, 0.15) is 30.0 Å². The summed E-state index contributed by atoms with van der Waals surface area (Å²) in [6.07, 6.45) is 3.67. The van der Waals surface area contributed by atoms with Crippen LogP contribution in [-0.2, 0) is 11.3 Å². The van der Waals surface area contributed by atoms with Crippen LogP contribution in [0.15, 0.2) is 77.4 Å². The lowest BCUT2D eigenvalue weighted by Crippen LogP contribution is -2.44. The third kappa shape index (κ3) is 7.65. The number of likely N-dealkylation sites (tertiary alicyclic amines) is 1. The van der Waals surface area contributed by atoms with Crippen LogP contribution in [0.2, 0.25) is 0 Å². The van der Waals surface area contributed by atoms with Crippen LogP contribution in [0.25, 0.3) is 22.5 Å². The molecule has 5 aromatic rings. The monoisotopic (exact) mass is 688 g/mol. The minimum absolute atomic E-state index is 0.252. The largest absolute Gasteiger partial charge is 0.378 e. The average Bonchev–Trinajstić information content (AvgIpc) is 3.61. The van der Waals surface area contributed by atoms with Crippen molar-refractivity contribution in [2.75, 3.05) is 93.1 Å². The summed E-state index contributed by atoms with van der Waals surface area (Å²) in [6.45, 7) is 9.51. The number of morpholine rings is 1. The highest BCUT2D eigenvalue weighted by atomic mass is 16.5. The van der Waals surface area contributed by atoms with Crippen LogP contribution in [0.5, 0.6) is 0 Å². The number of carbonyl (C=O) groups is 1. The van der Waals surface area contributed by atoms with Gasteiger partial charge in [-0.25, -0.2) is 19.7 Å². The van der Waals surface area contributed by atoms with Gasteiger partial charge in [-0.05, 0) is 74.9 Å². The number of nitrogens with zero attached hydrogens (tertiary/aromatic N) is 8. The topological polar surface area (TPSA) is 128 Å². The second kappa shape index (κ2) is 15.0. The Morgan fingerprint density at radius 1 is 0.804 bits per heavy atom. The summed E-state index contributed by atoms with van der Waals surface area (Å²) < 4.78 is 11.7. The number of anilines is 4. The van der Waals surface area contributed by atoms with Gasteiger partial charge in [0, 0.05) is 63.0 Å². The maximum Gasteiger partial charge on any atom is 0.323 e. The lowest BCUT2D eigenvalue weighted by atomic mass is 9.92. The SMILES string of the molecule is CN1CCN(c2ccc(NC(=O)Nc3ccc(-c4nc(N5CCOCC5)c5onc(C6CCN(Cc7ccccc7)CC6)c5n4)cc3)cn2)CC1. The molecule has 3 aliphatic rings. The number of benzene rings is 2. The van der Waals surface area contributed by atoms with Crippen molar-refractivity contribution in [3.8, 4) is 11.4 Å². The molecule has 0 atom stereocenters. The molecule has 0 radical (unpaired) electrons. The van der Waals surface area contributed by atoms with Gasteiger partial charge in [0.25, 0.3) is 0 Å². The molecule has 0 bridgehead atoms. The summed E-state index contributed by atoms with van der Waals surface area (Å²) in [5.74, 6) is 2.51. The van der Waals surface area contributed by atoms with E-state index in [0.717, 1.165) is 87.1 Å². The summed E-state index contributed by atoms with van der Waals surface area (Å²) in [7, 11) is 2.13. The Kier molecular flexibility index (Phi) is 9.73. The van der Waals surface area contributed by atoms with Gasteiger partial charge in [0.15, 0.2) is 11.6 Å². The number of nitrogens with one attached hydrogen (secondary N) is 2. The summed E-state index contributed by atoms with van der Waals surface area (Å²) in [6, 6.07) is 21.7. The molecule has 3 aromatic heterocycles. The predicted molar refractivity (Wildman–Crippen MR) is 198 cm³/mol. The Bertz CT molecular complexity index is 1910. The van der Waals surface area contributed by atoms with Crippen molar-refractivity contribution in [3.63, 3.8) is 0 Å². The van der Waals surface area contributed by atoms with E-state index < -0.39 is 0 Å². The minimum atomic E-state index is -0.340.